The predicted octanol–water partition coefficient (Wildman–Crippen LogP) is 5.23. The number of benzene rings is 3. The highest BCUT2D eigenvalue weighted by atomic mass is 32.2. The van der Waals surface area contributed by atoms with Crippen molar-refractivity contribution in [3.8, 4) is 11.5 Å². The third kappa shape index (κ3) is 6.42. The van der Waals surface area contributed by atoms with E-state index in [1.165, 1.54) is 11.8 Å². The predicted molar refractivity (Wildman–Crippen MR) is 140 cm³/mol. The van der Waals surface area contributed by atoms with Crippen molar-refractivity contribution in [2.75, 3.05) is 20.8 Å². The summed E-state index contributed by atoms with van der Waals surface area (Å²) in [5.41, 5.74) is 1.50. The fourth-order valence-corrected chi connectivity index (χ4v) is 5.52. The van der Waals surface area contributed by atoms with Crippen molar-refractivity contribution in [2.24, 2.45) is 0 Å². The Bertz CT molecular complexity index is 1170. The molecule has 38 heavy (non-hydrogen) atoms. The van der Waals surface area contributed by atoms with E-state index >= 15 is 0 Å². The Morgan fingerprint density at radius 1 is 0.763 bits per heavy atom. The molecule has 0 unspecified atom stereocenters. The van der Waals surface area contributed by atoms with E-state index in [0.29, 0.717) is 13.2 Å². The third-order valence-electron chi connectivity index (χ3n) is 6.36. The second-order valence-corrected chi connectivity index (χ2v) is 10.0. The van der Waals surface area contributed by atoms with Crippen LogP contribution in [0.5, 0.6) is 11.5 Å². The van der Waals surface area contributed by atoms with Gasteiger partial charge in [-0.1, -0.05) is 54.2 Å². The first kappa shape index (κ1) is 26.4. The summed E-state index contributed by atoms with van der Waals surface area (Å²) in [6, 6.07) is 25.2. The maximum absolute atomic E-state index is 12.2. The molecule has 0 N–H and O–H groups in total. The highest BCUT2D eigenvalue weighted by Gasteiger charge is 2.55. The molecule has 0 aromatic heterocycles. The Morgan fingerprint density at radius 3 is 2.00 bits per heavy atom. The molecule has 8 nitrogen and oxygen atoms in total. The van der Waals surface area contributed by atoms with Gasteiger partial charge in [-0.05, 0) is 47.5 Å². The molecule has 3 aromatic rings. The normalized spacial score (nSPS) is 24.3. The Morgan fingerprint density at radius 2 is 1.37 bits per heavy atom. The van der Waals surface area contributed by atoms with Crippen molar-refractivity contribution < 1.29 is 38.0 Å². The second kappa shape index (κ2) is 12.5. The molecule has 2 aliphatic rings. The lowest BCUT2D eigenvalue weighted by Crippen LogP contribution is -2.57. The van der Waals surface area contributed by atoms with Crippen molar-refractivity contribution in [3.05, 3.63) is 90.0 Å². The van der Waals surface area contributed by atoms with E-state index in [9.17, 15) is 4.79 Å². The molecule has 2 aliphatic heterocycles. The highest BCUT2D eigenvalue weighted by Crippen LogP contribution is 2.40. The van der Waals surface area contributed by atoms with Crippen LogP contribution in [0, 0.1) is 0 Å². The van der Waals surface area contributed by atoms with Crippen LogP contribution in [-0.2, 0) is 36.9 Å². The molecule has 2 fully saturated rings. The van der Waals surface area contributed by atoms with E-state index in [-0.39, 0.29) is 6.61 Å². The first-order valence-electron chi connectivity index (χ1n) is 12.3. The van der Waals surface area contributed by atoms with E-state index in [1.54, 1.807) is 14.2 Å². The SMILES string of the molecule is COc1ccc(COC[C@H]2O[C@@H](Sc3ccccc3)[C@H](OCc3ccc(OC)cc3)[C@H]3OC(=O)O[C@H]32)cc1. The lowest BCUT2D eigenvalue weighted by molar-refractivity contribution is -0.192. The number of fused-ring (bicyclic) bond motifs is 1. The van der Waals surface area contributed by atoms with Crippen molar-refractivity contribution in [3.63, 3.8) is 0 Å². The maximum Gasteiger partial charge on any atom is 0.509 e. The molecule has 9 heteroatoms. The minimum Gasteiger partial charge on any atom is -0.497 e. The van der Waals surface area contributed by atoms with Crippen LogP contribution < -0.4 is 9.47 Å². The number of rotatable bonds is 11. The van der Waals surface area contributed by atoms with E-state index in [4.69, 9.17) is 33.2 Å². The van der Waals surface area contributed by atoms with Crippen LogP contribution in [0.1, 0.15) is 11.1 Å². The Hall–Kier alpha value is -3.24. The zero-order valence-electron chi connectivity index (χ0n) is 21.2. The maximum atomic E-state index is 12.2. The lowest BCUT2D eigenvalue weighted by atomic mass is 10.00. The van der Waals surface area contributed by atoms with Gasteiger partial charge in [0.05, 0.1) is 34.0 Å². The summed E-state index contributed by atoms with van der Waals surface area (Å²) >= 11 is 1.52. The zero-order valence-corrected chi connectivity index (χ0v) is 22.0. The molecule has 5 atom stereocenters. The van der Waals surface area contributed by atoms with Gasteiger partial charge in [0.15, 0.2) is 12.2 Å². The van der Waals surface area contributed by atoms with Gasteiger partial charge in [0.1, 0.15) is 29.1 Å². The van der Waals surface area contributed by atoms with E-state index < -0.39 is 36.0 Å². The largest absolute Gasteiger partial charge is 0.509 e. The summed E-state index contributed by atoms with van der Waals surface area (Å²) in [4.78, 5) is 13.2. The van der Waals surface area contributed by atoms with Crippen LogP contribution in [0.3, 0.4) is 0 Å². The van der Waals surface area contributed by atoms with Crippen LogP contribution in [0.25, 0.3) is 0 Å². The van der Waals surface area contributed by atoms with Crippen LogP contribution in [0.2, 0.25) is 0 Å². The van der Waals surface area contributed by atoms with E-state index in [1.807, 2.05) is 78.9 Å². The minimum atomic E-state index is -0.729. The molecule has 0 aliphatic carbocycles. The first-order valence-corrected chi connectivity index (χ1v) is 13.2. The summed E-state index contributed by atoms with van der Waals surface area (Å²) in [6.45, 7) is 0.911. The summed E-state index contributed by atoms with van der Waals surface area (Å²) in [5, 5.41) is 0. The summed E-state index contributed by atoms with van der Waals surface area (Å²) in [7, 11) is 3.26. The van der Waals surface area contributed by atoms with Gasteiger partial charge >= 0.3 is 6.16 Å². The molecule has 0 spiro atoms. The van der Waals surface area contributed by atoms with Crippen LogP contribution >= 0.6 is 11.8 Å². The summed E-state index contributed by atoms with van der Waals surface area (Å²) in [6.07, 6.45) is -3.09. The van der Waals surface area contributed by atoms with Gasteiger partial charge in [-0.2, -0.15) is 0 Å². The van der Waals surface area contributed by atoms with Crippen LogP contribution in [0.15, 0.2) is 83.8 Å². The molecule has 5 rings (SSSR count). The zero-order chi connectivity index (χ0) is 26.3. The van der Waals surface area contributed by atoms with Gasteiger partial charge in [-0.25, -0.2) is 4.79 Å². The molecule has 0 saturated carbocycles. The van der Waals surface area contributed by atoms with Crippen molar-refractivity contribution in [1.29, 1.82) is 0 Å². The molecule has 0 radical (unpaired) electrons. The molecule has 2 saturated heterocycles. The minimum absolute atomic E-state index is 0.223. The monoisotopic (exact) mass is 538 g/mol. The number of ether oxygens (including phenoxy) is 7. The number of carbonyl (C=O) groups is 1. The quantitative estimate of drug-likeness (QED) is 0.305. The molecular weight excluding hydrogens is 508 g/mol. The Balaban J connectivity index is 1.30. The van der Waals surface area contributed by atoms with E-state index in [2.05, 4.69) is 0 Å². The average Bonchev–Trinajstić information content (AvgIpc) is 3.35. The van der Waals surface area contributed by atoms with Gasteiger partial charge in [0, 0.05) is 4.90 Å². The fraction of sp³-hybridized carbons (Fsp3) is 0.345. The topological polar surface area (TPSA) is 81.7 Å². The van der Waals surface area contributed by atoms with Crippen molar-refractivity contribution in [1.82, 2.24) is 0 Å². The molecule has 0 bridgehead atoms. The Labute approximate surface area is 226 Å². The second-order valence-electron chi connectivity index (χ2n) is 8.88. The molecule has 2 heterocycles. The number of thioether (sulfide) groups is 1. The van der Waals surface area contributed by atoms with Crippen molar-refractivity contribution >= 4 is 17.9 Å². The van der Waals surface area contributed by atoms with Crippen LogP contribution in [-0.4, -0.2) is 56.8 Å². The molecule has 200 valence electrons. The van der Waals surface area contributed by atoms with Gasteiger partial charge < -0.3 is 33.2 Å². The number of hydrogen-bond donors (Lipinski definition) is 0. The summed E-state index contributed by atoms with van der Waals surface area (Å²) in [5.74, 6) is 1.55. The average molecular weight is 539 g/mol. The fourth-order valence-electron chi connectivity index (χ4n) is 4.37. The smallest absolute Gasteiger partial charge is 0.497 e. The number of methoxy groups -OCH3 is 2. The van der Waals surface area contributed by atoms with Gasteiger partial charge in [0.2, 0.25) is 0 Å². The molecule has 0 amide bonds. The standard InChI is InChI=1S/C29H30O8S/c1-31-21-12-8-19(9-13-21)16-33-18-24-25-26(37-29(30)36-25)27(28(35-24)38-23-6-4-3-5-7-23)34-17-20-10-14-22(32-2)15-11-20/h3-15,24-28H,16-18H2,1-2H3/t24-,25+,26+,27-,28+/m1/s1. The highest BCUT2D eigenvalue weighted by molar-refractivity contribution is 7.99. The Kier molecular flexibility index (Phi) is 8.70. The number of hydrogen-bond acceptors (Lipinski definition) is 9. The molecular formula is C29H30O8S. The van der Waals surface area contributed by atoms with Gasteiger partial charge in [0.25, 0.3) is 0 Å². The lowest BCUT2D eigenvalue weighted by Gasteiger charge is -2.40. The summed E-state index contributed by atoms with van der Waals surface area (Å²) < 4.78 is 40.4. The third-order valence-corrected chi connectivity index (χ3v) is 7.52. The van der Waals surface area contributed by atoms with E-state index in [0.717, 1.165) is 27.5 Å². The van der Waals surface area contributed by atoms with Gasteiger partial charge in [-0.15, -0.1) is 0 Å². The van der Waals surface area contributed by atoms with Gasteiger partial charge in [-0.3, -0.25) is 0 Å². The number of carbonyl (C=O) groups excluding carboxylic acids is 1. The van der Waals surface area contributed by atoms with Crippen molar-refractivity contribution in [2.45, 2.75) is 48.0 Å². The molecule has 3 aromatic carbocycles. The van der Waals surface area contributed by atoms with Crippen LogP contribution in [0.4, 0.5) is 4.79 Å². The first-order chi connectivity index (χ1) is 18.6.